The van der Waals surface area contributed by atoms with Crippen molar-refractivity contribution in [1.29, 1.82) is 0 Å². The van der Waals surface area contributed by atoms with Gasteiger partial charge in [0.2, 0.25) is 5.91 Å². The second-order valence-electron chi connectivity index (χ2n) is 3.70. The number of rotatable bonds is 3. The predicted octanol–water partition coefficient (Wildman–Crippen LogP) is 2.04. The monoisotopic (exact) mass is 242 g/mol. The number of halogens is 1. The number of amides is 1. The lowest BCUT2D eigenvalue weighted by Crippen LogP contribution is -2.34. The third-order valence-corrected chi connectivity index (χ3v) is 2.44. The van der Waals surface area contributed by atoms with Gasteiger partial charge < -0.3 is 10.6 Å². The van der Waals surface area contributed by atoms with E-state index in [9.17, 15) is 4.79 Å². The Morgan fingerprint density at radius 3 is 2.19 bits per heavy atom. The van der Waals surface area contributed by atoms with Crippen LogP contribution in [-0.2, 0) is 4.79 Å². The van der Waals surface area contributed by atoms with E-state index in [0.29, 0.717) is 13.1 Å². The summed E-state index contributed by atoms with van der Waals surface area (Å²) in [6, 6.07) is 6.01. The molecule has 0 spiro atoms. The van der Waals surface area contributed by atoms with Crippen LogP contribution in [-0.4, -0.2) is 19.0 Å². The van der Waals surface area contributed by atoms with Gasteiger partial charge >= 0.3 is 0 Å². The molecule has 0 saturated carbocycles. The maximum absolute atomic E-state index is 11.5. The number of aryl methyl sites for hydroxylation is 2. The van der Waals surface area contributed by atoms with Gasteiger partial charge in [0.05, 0.1) is 0 Å². The van der Waals surface area contributed by atoms with Crippen LogP contribution < -0.4 is 10.6 Å². The lowest BCUT2D eigenvalue weighted by molar-refractivity contribution is -0.116. The number of hydrogen-bond acceptors (Lipinski definition) is 2. The van der Waals surface area contributed by atoms with Crippen LogP contribution in [0.1, 0.15) is 18.1 Å². The molecule has 90 valence electrons. The number of anilines is 1. The van der Waals surface area contributed by atoms with Crippen molar-refractivity contribution in [1.82, 2.24) is 0 Å². The number of benzene rings is 1. The summed E-state index contributed by atoms with van der Waals surface area (Å²) in [5.74, 6) is 0.0397. The summed E-state index contributed by atoms with van der Waals surface area (Å²) in [6.45, 7) is 6.64. The molecule has 0 aliphatic rings. The van der Waals surface area contributed by atoms with E-state index < -0.39 is 0 Å². The van der Waals surface area contributed by atoms with E-state index >= 15 is 0 Å². The fourth-order valence-electron chi connectivity index (χ4n) is 1.79. The Morgan fingerprint density at radius 1 is 1.31 bits per heavy atom. The highest BCUT2D eigenvalue weighted by Crippen LogP contribution is 2.24. The van der Waals surface area contributed by atoms with E-state index in [1.807, 2.05) is 32.0 Å². The molecular weight excluding hydrogens is 224 g/mol. The fraction of sp³-hybridized carbons (Fsp3) is 0.417. The molecule has 0 unspecified atom stereocenters. The summed E-state index contributed by atoms with van der Waals surface area (Å²) in [5, 5.41) is 0. The van der Waals surface area contributed by atoms with Gasteiger partial charge in [-0.1, -0.05) is 18.2 Å². The summed E-state index contributed by atoms with van der Waals surface area (Å²) in [5.41, 5.74) is 8.73. The minimum absolute atomic E-state index is 0. The van der Waals surface area contributed by atoms with Gasteiger partial charge in [-0.25, -0.2) is 0 Å². The van der Waals surface area contributed by atoms with Crippen molar-refractivity contribution < 1.29 is 4.79 Å². The molecule has 3 nitrogen and oxygen atoms in total. The number of para-hydroxylation sites is 1. The van der Waals surface area contributed by atoms with Crippen molar-refractivity contribution >= 4 is 24.0 Å². The van der Waals surface area contributed by atoms with Crippen molar-refractivity contribution in [2.75, 3.05) is 18.0 Å². The zero-order chi connectivity index (χ0) is 11.4. The van der Waals surface area contributed by atoms with Gasteiger partial charge in [-0.05, 0) is 25.0 Å². The summed E-state index contributed by atoms with van der Waals surface area (Å²) in [4.78, 5) is 13.2. The molecule has 0 bridgehead atoms. The van der Waals surface area contributed by atoms with Gasteiger partial charge in [0.15, 0.2) is 0 Å². The molecule has 0 aromatic heterocycles. The normalized spacial score (nSPS) is 9.50. The summed E-state index contributed by atoms with van der Waals surface area (Å²) < 4.78 is 0. The van der Waals surface area contributed by atoms with Crippen LogP contribution in [0.15, 0.2) is 18.2 Å². The molecule has 4 heteroatoms. The Balaban J connectivity index is 0.00000225. The lowest BCUT2D eigenvalue weighted by atomic mass is 10.1. The molecule has 0 fully saturated rings. The van der Waals surface area contributed by atoms with Crippen LogP contribution in [0.4, 0.5) is 5.69 Å². The van der Waals surface area contributed by atoms with Gasteiger partial charge in [0.1, 0.15) is 0 Å². The number of nitrogens with two attached hydrogens (primary N) is 1. The number of carbonyl (C=O) groups is 1. The Bertz CT molecular complexity index is 346. The molecule has 16 heavy (non-hydrogen) atoms. The molecular formula is C12H19ClN2O. The molecule has 0 aliphatic heterocycles. The molecule has 1 aromatic rings. The number of hydrogen-bond donors (Lipinski definition) is 1. The maximum atomic E-state index is 11.5. The number of nitrogens with zero attached hydrogens (tertiary/aromatic N) is 1. The molecule has 1 aromatic carbocycles. The molecule has 0 aliphatic carbocycles. The Hall–Kier alpha value is -1.06. The van der Waals surface area contributed by atoms with Crippen LogP contribution in [0.5, 0.6) is 0 Å². The largest absolute Gasteiger partial charge is 0.329 e. The minimum Gasteiger partial charge on any atom is -0.329 e. The highest BCUT2D eigenvalue weighted by atomic mass is 35.5. The van der Waals surface area contributed by atoms with Crippen LogP contribution >= 0.6 is 12.4 Å². The van der Waals surface area contributed by atoms with Crippen LogP contribution in [0, 0.1) is 13.8 Å². The number of carbonyl (C=O) groups excluding carboxylic acids is 1. The van der Waals surface area contributed by atoms with E-state index in [2.05, 4.69) is 0 Å². The summed E-state index contributed by atoms with van der Waals surface area (Å²) >= 11 is 0. The Kier molecular flexibility index (Phi) is 6.08. The SMILES string of the molecule is CC(=O)N(CCN)c1c(C)cccc1C.Cl. The first kappa shape index (κ1) is 14.9. The topological polar surface area (TPSA) is 46.3 Å². The summed E-state index contributed by atoms with van der Waals surface area (Å²) in [7, 11) is 0. The smallest absolute Gasteiger partial charge is 0.223 e. The zero-order valence-corrected chi connectivity index (χ0v) is 10.8. The Labute approximate surface area is 103 Å². The highest BCUT2D eigenvalue weighted by Gasteiger charge is 2.14. The molecule has 1 amide bonds. The minimum atomic E-state index is 0. The second kappa shape index (κ2) is 6.51. The average molecular weight is 243 g/mol. The van der Waals surface area contributed by atoms with Crippen molar-refractivity contribution in [2.45, 2.75) is 20.8 Å². The van der Waals surface area contributed by atoms with E-state index in [0.717, 1.165) is 16.8 Å². The van der Waals surface area contributed by atoms with Gasteiger partial charge in [0.25, 0.3) is 0 Å². The molecule has 1 rings (SSSR count). The van der Waals surface area contributed by atoms with Crippen LogP contribution in [0.2, 0.25) is 0 Å². The predicted molar refractivity (Wildman–Crippen MR) is 70.2 cm³/mol. The standard InChI is InChI=1S/C12H18N2O.ClH/c1-9-5-4-6-10(2)12(9)14(8-7-13)11(3)15;/h4-6H,7-8,13H2,1-3H3;1H. The molecule has 2 N–H and O–H groups in total. The molecule has 0 atom stereocenters. The third-order valence-electron chi connectivity index (χ3n) is 2.44. The van der Waals surface area contributed by atoms with Gasteiger partial charge in [0, 0.05) is 25.7 Å². The molecule has 0 radical (unpaired) electrons. The zero-order valence-electron chi connectivity index (χ0n) is 9.99. The van der Waals surface area contributed by atoms with Crippen molar-refractivity contribution in [3.05, 3.63) is 29.3 Å². The van der Waals surface area contributed by atoms with Gasteiger partial charge in [-0.2, -0.15) is 0 Å². The average Bonchev–Trinajstić information content (AvgIpc) is 2.15. The highest BCUT2D eigenvalue weighted by molar-refractivity contribution is 5.93. The molecule has 0 saturated heterocycles. The van der Waals surface area contributed by atoms with Crippen LogP contribution in [0.25, 0.3) is 0 Å². The first-order valence-electron chi connectivity index (χ1n) is 5.12. The first-order chi connectivity index (χ1) is 7.07. The van der Waals surface area contributed by atoms with Gasteiger partial charge in [-0.3, -0.25) is 4.79 Å². The second-order valence-corrected chi connectivity index (χ2v) is 3.70. The maximum Gasteiger partial charge on any atom is 0.223 e. The summed E-state index contributed by atoms with van der Waals surface area (Å²) in [6.07, 6.45) is 0. The van der Waals surface area contributed by atoms with E-state index in [4.69, 9.17) is 5.73 Å². The fourth-order valence-corrected chi connectivity index (χ4v) is 1.79. The third kappa shape index (κ3) is 3.22. The lowest BCUT2D eigenvalue weighted by Gasteiger charge is -2.24. The van der Waals surface area contributed by atoms with E-state index in [1.54, 1.807) is 11.8 Å². The van der Waals surface area contributed by atoms with Gasteiger partial charge in [-0.15, -0.1) is 12.4 Å². The molecule has 0 heterocycles. The van der Waals surface area contributed by atoms with Crippen molar-refractivity contribution in [3.8, 4) is 0 Å². The van der Waals surface area contributed by atoms with Crippen molar-refractivity contribution in [3.63, 3.8) is 0 Å². The quantitative estimate of drug-likeness (QED) is 0.882. The van der Waals surface area contributed by atoms with Crippen molar-refractivity contribution in [2.24, 2.45) is 5.73 Å². The Morgan fingerprint density at radius 2 is 1.81 bits per heavy atom. The first-order valence-corrected chi connectivity index (χ1v) is 5.12. The van der Waals surface area contributed by atoms with E-state index in [-0.39, 0.29) is 18.3 Å². The van der Waals surface area contributed by atoms with Crippen LogP contribution in [0.3, 0.4) is 0 Å². The van der Waals surface area contributed by atoms with E-state index in [1.165, 1.54) is 0 Å².